The SMILES string of the molecule is CCCCCCCCCCCCCCC1CO1.[O]. The van der Waals surface area contributed by atoms with Gasteiger partial charge in [-0.05, 0) is 6.42 Å². The lowest BCUT2D eigenvalue weighted by molar-refractivity contribution is 0.387. The van der Waals surface area contributed by atoms with E-state index in [4.69, 9.17) is 4.74 Å². The molecule has 1 aliphatic rings. The smallest absolute Gasteiger partial charge is 0.0810 e. The van der Waals surface area contributed by atoms with Gasteiger partial charge in [0.05, 0.1) is 12.7 Å². The van der Waals surface area contributed by atoms with Crippen molar-refractivity contribution in [3.8, 4) is 0 Å². The van der Waals surface area contributed by atoms with Crippen LogP contribution in [0.3, 0.4) is 0 Å². The molecule has 1 fully saturated rings. The first-order chi connectivity index (χ1) is 8.43. The molecule has 0 bridgehead atoms. The third kappa shape index (κ3) is 12.4. The summed E-state index contributed by atoms with van der Waals surface area (Å²) in [5, 5.41) is 0. The molecular weight excluding hydrogens is 224 g/mol. The van der Waals surface area contributed by atoms with E-state index in [9.17, 15) is 0 Å². The summed E-state index contributed by atoms with van der Waals surface area (Å²) in [5.74, 6) is 0. The van der Waals surface area contributed by atoms with Gasteiger partial charge in [-0.25, -0.2) is 0 Å². The Bertz CT molecular complexity index is 155. The number of unbranched alkanes of at least 4 members (excludes halogenated alkanes) is 11. The normalized spacial score (nSPS) is 17.5. The van der Waals surface area contributed by atoms with E-state index in [2.05, 4.69) is 6.92 Å². The molecule has 2 radical (unpaired) electrons. The van der Waals surface area contributed by atoms with Crippen molar-refractivity contribution in [1.29, 1.82) is 0 Å². The van der Waals surface area contributed by atoms with Gasteiger partial charge in [0.2, 0.25) is 0 Å². The third-order valence-electron chi connectivity index (χ3n) is 3.78. The first-order valence-corrected chi connectivity index (χ1v) is 8.05. The Morgan fingerprint density at radius 1 is 0.722 bits per heavy atom. The second kappa shape index (κ2) is 13.4. The highest BCUT2D eigenvalue weighted by molar-refractivity contribution is 4.68. The minimum absolute atomic E-state index is 0. The fraction of sp³-hybridized carbons (Fsp3) is 1.00. The molecule has 0 aromatic carbocycles. The predicted octanol–water partition coefficient (Wildman–Crippen LogP) is 5.36. The van der Waals surface area contributed by atoms with Crippen LogP contribution in [-0.2, 0) is 10.2 Å². The molecule has 108 valence electrons. The van der Waals surface area contributed by atoms with Gasteiger partial charge in [0, 0.05) is 5.48 Å². The van der Waals surface area contributed by atoms with E-state index in [1.807, 2.05) is 0 Å². The first kappa shape index (κ1) is 17.9. The van der Waals surface area contributed by atoms with Gasteiger partial charge in [0.15, 0.2) is 0 Å². The minimum Gasteiger partial charge on any atom is -0.373 e. The molecule has 1 heterocycles. The maximum atomic E-state index is 5.21. The van der Waals surface area contributed by atoms with Crippen LogP contribution in [0.5, 0.6) is 0 Å². The van der Waals surface area contributed by atoms with Gasteiger partial charge in [-0.2, -0.15) is 0 Å². The zero-order chi connectivity index (χ0) is 12.2. The molecule has 0 spiro atoms. The molecule has 0 aromatic rings. The average molecular weight is 256 g/mol. The number of hydrogen-bond donors (Lipinski definition) is 0. The molecule has 0 aliphatic carbocycles. The molecular formula is C16H32O2. The van der Waals surface area contributed by atoms with Gasteiger partial charge < -0.3 is 4.74 Å². The van der Waals surface area contributed by atoms with Crippen molar-refractivity contribution < 1.29 is 10.2 Å². The molecule has 1 unspecified atom stereocenters. The van der Waals surface area contributed by atoms with Crippen molar-refractivity contribution in [2.75, 3.05) is 6.61 Å². The second-order valence-electron chi connectivity index (χ2n) is 5.63. The zero-order valence-electron chi connectivity index (χ0n) is 12.3. The van der Waals surface area contributed by atoms with E-state index >= 15 is 0 Å². The zero-order valence-corrected chi connectivity index (χ0v) is 12.3. The van der Waals surface area contributed by atoms with Crippen LogP contribution in [0.1, 0.15) is 90.4 Å². The van der Waals surface area contributed by atoms with Crippen LogP contribution < -0.4 is 0 Å². The van der Waals surface area contributed by atoms with Crippen LogP contribution in [0.2, 0.25) is 0 Å². The third-order valence-corrected chi connectivity index (χ3v) is 3.78. The molecule has 0 amide bonds. The van der Waals surface area contributed by atoms with E-state index in [-0.39, 0.29) is 5.48 Å². The summed E-state index contributed by atoms with van der Waals surface area (Å²) < 4.78 is 5.21. The fourth-order valence-corrected chi connectivity index (χ4v) is 2.45. The Balaban J connectivity index is 0.00000289. The van der Waals surface area contributed by atoms with Crippen molar-refractivity contribution in [1.82, 2.24) is 0 Å². The van der Waals surface area contributed by atoms with E-state index in [0.717, 1.165) is 6.61 Å². The average Bonchev–Trinajstić information content (AvgIpc) is 3.15. The van der Waals surface area contributed by atoms with Crippen LogP contribution >= 0.6 is 0 Å². The molecule has 0 N–H and O–H groups in total. The maximum absolute atomic E-state index is 5.21. The largest absolute Gasteiger partial charge is 0.373 e. The predicted molar refractivity (Wildman–Crippen MR) is 76.1 cm³/mol. The molecule has 18 heavy (non-hydrogen) atoms. The summed E-state index contributed by atoms with van der Waals surface area (Å²) in [6.07, 6.45) is 19.3. The molecule has 1 rings (SSSR count). The van der Waals surface area contributed by atoms with Gasteiger partial charge in [-0.3, -0.25) is 0 Å². The standard InChI is InChI=1S/C16H32O.O/c1-2-3-4-5-6-7-8-9-10-11-12-13-14-16-15-17-16;/h16H,2-15H2,1H3;. The summed E-state index contributed by atoms with van der Waals surface area (Å²) in [6, 6.07) is 0. The molecule has 1 aliphatic heterocycles. The van der Waals surface area contributed by atoms with Gasteiger partial charge in [0.25, 0.3) is 0 Å². The van der Waals surface area contributed by atoms with E-state index in [0.29, 0.717) is 6.10 Å². The Labute approximate surface area is 114 Å². The van der Waals surface area contributed by atoms with Gasteiger partial charge >= 0.3 is 0 Å². The van der Waals surface area contributed by atoms with E-state index in [1.54, 1.807) is 0 Å². The Kier molecular flexibility index (Phi) is 13.3. The summed E-state index contributed by atoms with van der Waals surface area (Å²) in [4.78, 5) is 0. The van der Waals surface area contributed by atoms with Crippen molar-refractivity contribution in [2.24, 2.45) is 0 Å². The minimum atomic E-state index is 0. The van der Waals surface area contributed by atoms with Crippen LogP contribution in [0.4, 0.5) is 0 Å². The van der Waals surface area contributed by atoms with Crippen molar-refractivity contribution in [3.63, 3.8) is 0 Å². The Morgan fingerprint density at radius 2 is 1.11 bits per heavy atom. The maximum Gasteiger partial charge on any atom is 0.0810 e. The number of ether oxygens (including phenoxy) is 1. The van der Waals surface area contributed by atoms with Crippen molar-refractivity contribution >= 4 is 0 Å². The highest BCUT2D eigenvalue weighted by Gasteiger charge is 2.20. The Hall–Kier alpha value is -0.0800. The summed E-state index contributed by atoms with van der Waals surface area (Å²) in [5.41, 5.74) is 0. The van der Waals surface area contributed by atoms with Crippen molar-refractivity contribution in [2.45, 2.75) is 96.5 Å². The number of rotatable bonds is 13. The lowest BCUT2D eigenvalue weighted by Crippen LogP contribution is -1.86. The van der Waals surface area contributed by atoms with Crippen molar-refractivity contribution in [3.05, 3.63) is 0 Å². The monoisotopic (exact) mass is 256 g/mol. The molecule has 1 saturated heterocycles. The molecule has 2 heteroatoms. The first-order valence-electron chi connectivity index (χ1n) is 8.05. The van der Waals surface area contributed by atoms with E-state index < -0.39 is 0 Å². The highest BCUT2D eigenvalue weighted by atomic mass is 16.6. The molecule has 1 atom stereocenters. The van der Waals surface area contributed by atoms with Gasteiger partial charge in [-0.1, -0.05) is 84.0 Å². The lowest BCUT2D eigenvalue weighted by atomic mass is 10.0. The number of hydrogen-bond acceptors (Lipinski definition) is 1. The summed E-state index contributed by atoms with van der Waals surface area (Å²) in [6.45, 7) is 3.33. The topological polar surface area (TPSA) is 41.0 Å². The van der Waals surface area contributed by atoms with E-state index in [1.165, 1.54) is 83.5 Å². The number of epoxide rings is 1. The molecule has 2 nitrogen and oxygen atoms in total. The summed E-state index contributed by atoms with van der Waals surface area (Å²) >= 11 is 0. The Morgan fingerprint density at radius 3 is 1.50 bits per heavy atom. The van der Waals surface area contributed by atoms with Crippen LogP contribution in [0, 0.1) is 0 Å². The molecule has 0 saturated carbocycles. The second-order valence-corrected chi connectivity index (χ2v) is 5.63. The van der Waals surface area contributed by atoms with Gasteiger partial charge in [0.1, 0.15) is 0 Å². The van der Waals surface area contributed by atoms with Crippen LogP contribution in [0.15, 0.2) is 0 Å². The lowest BCUT2D eigenvalue weighted by Gasteiger charge is -2.02. The van der Waals surface area contributed by atoms with Gasteiger partial charge in [-0.15, -0.1) is 0 Å². The quantitative estimate of drug-likeness (QED) is 0.323. The highest BCUT2D eigenvalue weighted by Crippen LogP contribution is 2.18. The molecule has 0 aromatic heterocycles. The van der Waals surface area contributed by atoms with Crippen LogP contribution in [-0.4, -0.2) is 12.7 Å². The fourth-order valence-electron chi connectivity index (χ4n) is 2.45. The summed E-state index contributed by atoms with van der Waals surface area (Å²) in [7, 11) is 0. The van der Waals surface area contributed by atoms with Crippen LogP contribution in [0.25, 0.3) is 0 Å².